The maximum absolute atomic E-state index is 13.0. The van der Waals surface area contributed by atoms with Crippen molar-refractivity contribution in [2.75, 3.05) is 0 Å². The average molecular weight is 300 g/mol. The Morgan fingerprint density at radius 2 is 1.64 bits per heavy atom. The lowest BCUT2D eigenvalue weighted by Crippen LogP contribution is -2.41. The highest BCUT2D eigenvalue weighted by atomic mass is 19.1. The number of hydrogen-bond acceptors (Lipinski definition) is 2. The molecule has 0 aliphatic carbocycles. The van der Waals surface area contributed by atoms with Crippen molar-refractivity contribution in [3.8, 4) is 0 Å². The molecule has 4 heteroatoms. The molecule has 22 heavy (non-hydrogen) atoms. The van der Waals surface area contributed by atoms with Crippen molar-refractivity contribution in [3.05, 3.63) is 71.5 Å². The minimum atomic E-state index is -1.54. The molecule has 0 spiro atoms. The molecule has 114 valence electrons. The minimum Gasteiger partial charge on any atom is -0.480 e. The SMILES string of the molecule is CCC(Cc1ccccc1)(C(=O)O)C(=O)c1ccc(F)cc1. The molecule has 2 rings (SSSR count). The summed E-state index contributed by atoms with van der Waals surface area (Å²) in [4.78, 5) is 24.6. The van der Waals surface area contributed by atoms with Gasteiger partial charge in [0.25, 0.3) is 0 Å². The number of carbonyl (C=O) groups is 2. The average Bonchev–Trinajstić information content (AvgIpc) is 2.53. The number of carboxylic acid groups (broad SMARTS) is 1. The molecule has 2 aromatic carbocycles. The van der Waals surface area contributed by atoms with E-state index in [2.05, 4.69) is 0 Å². The predicted molar refractivity (Wildman–Crippen MR) is 81.2 cm³/mol. The Kier molecular flexibility index (Phi) is 4.71. The van der Waals surface area contributed by atoms with Crippen molar-refractivity contribution in [2.45, 2.75) is 19.8 Å². The van der Waals surface area contributed by atoms with E-state index in [0.29, 0.717) is 0 Å². The molecule has 0 aromatic heterocycles. The smallest absolute Gasteiger partial charge is 0.317 e. The summed E-state index contributed by atoms with van der Waals surface area (Å²) in [5.74, 6) is -2.11. The van der Waals surface area contributed by atoms with E-state index in [1.807, 2.05) is 6.07 Å². The van der Waals surface area contributed by atoms with E-state index in [1.165, 1.54) is 12.1 Å². The molecule has 0 heterocycles. The predicted octanol–water partition coefficient (Wildman–Crippen LogP) is 3.73. The third kappa shape index (κ3) is 3.06. The van der Waals surface area contributed by atoms with Gasteiger partial charge in [-0.05, 0) is 42.7 Å². The molecule has 2 aromatic rings. The number of benzene rings is 2. The van der Waals surface area contributed by atoms with Gasteiger partial charge in [-0.25, -0.2) is 4.39 Å². The van der Waals surface area contributed by atoms with Gasteiger partial charge >= 0.3 is 5.97 Å². The first kappa shape index (κ1) is 15.9. The van der Waals surface area contributed by atoms with E-state index >= 15 is 0 Å². The van der Waals surface area contributed by atoms with E-state index in [4.69, 9.17) is 0 Å². The lowest BCUT2D eigenvalue weighted by Gasteiger charge is -2.27. The Morgan fingerprint density at radius 1 is 1.05 bits per heavy atom. The number of ketones is 1. The van der Waals surface area contributed by atoms with Crippen molar-refractivity contribution in [1.82, 2.24) is 0 Å². The minimum absolute atomic E-state index is 0.107. The van der Waals surface area contributed by atoms with Crippen LogP contribution in [-0.4, -0.2) is 16.9 Å². The maximum atomic E-state index is 13.0. The van der Waals surface area contributed by atoms with Gasteiger partial charge in [-0.3, -0.25) is 9.59 Å². The number of carboxylic acids is 1. The van der Waals surface area contributed by atoms with Gasteiger partial charge in [-0.1, -0.05) is 37.3 Å². The quantitative estimate of drug-likeness (QED) is 0.653. The van der Waals surface area contributed by atoms with E-state index in [1.54, 1.807) is 31.2 Å². The van der Waals surface area contributed by atoms with Crippen molar-refractivity contribution in [1.29, 1.82) is 0 Å². The standard InChI is InChI=1S/C18H17FO3/c1-2-18(17(21)22,12-13-6-4-3-5-7-13)16(20)14-8-10-15(19)11-9-14/h3-11H,2,12H2,1H3,(H,21,22). The topological polar surface area (TPSA) is 54.4 Å². The summed E-state index contributed by atoms with van der Waals surface area (Å²) in [7, 11) is 0. The zero-order valence-corrected chi connectivity index (χ0v) is 12.3. The molecule has 0 fully saturated rings. The summed E-state index contributed by atoms with van der Waals surface area (Å²) in [6.07, 6.45) is 0.267. The molecule has 0 saturated heterocycles. The zero-order valence-electron chi connectivity index (χ0n) is 12.3. The summed E-state index contributed by atoms with van der Waals surface area (Å²) >= 11 is 0. The summed E-state index contributed by atoms with van der Waals surface area (Å²) in [5.41, 5.74) is -0.553. The van der Waals surface area contributed by atoms with Crippen LogP contribution in [0.25, 0.3) is 0 Å². The monoisotopic (exact) mass is 300 g/mol. The van der Waals surface area contributed by atoms with Gasteiger partial charge in [-0.2, -0.15) is 0 Å². The van der Waals surface area contributed by atoms with Crippen LogP contribution in [0.1, 0.15) is 29.3 Å². The van der Waals surface area contributed by atoms with Gasteiger partial charge in [0, 0.05) is 5.56 Å². The lowest BCUT2D eigenvalue weighted by atomic mass is 9.73. The van der Waals surface area contributed by atoms with Crippen LogP contribution in [0.5, 0.6) is 0 Å². The van der Waals surface area contributed by atoms with Gasteiger partial charge in [0.1, 0.15) is 11.2 Å². The fourth-order valence-corrected chi connectivity index (χ4v) is 2.51. The van der Waals surface area contributed by atoms with Crippen molar-refractivity contribution < 1.29 is 19.1 Å². The van der Waals surface area contributed by atoms with Crippen LogP contribution in [0, 0.1) is 11.2 Å². The first-order chi connectivity index (χ1) is 10.5. The van der Waals surface area contributed by atoms with Gasteiger partial charge in [0.2, 0.25) is 0 Å². The summed E-state index contributed by atoms with van der Waals surface area (Å²) in [6, 6.07) is 14.0. The molecule has 1 unspecified atom stereocenters. The largest absolute Gasteiger partial charge is 0.480 e. The third-order valence-corrected chi connectivity index (χ3v) is 3.90. The Morgan fingerprint density at radius 3 is 2.14 bits per heavy atom. The number of rotatable bonds is 6. The molecule has 0 aliphatic heterocycles. The number of aliphatic carboxylic acids is 1. The van der Waals surface area contributed by atoms with E-state index in [0.717, 1.165) is 17.7 Å². The Bertz CT molecular complexity index is 664. The normalized spacial score (nSPS) is 13.4. The molecular formula is C18H17FO3. The van der Waals surface area contributed by atoms with Crippen LogP contribution in [0.4, 0.5) is 4.39 Å². The van der Waals surface area contributed by atoms with Crippen LogP contribution < -0.4 is 0 Å². The molecule has 0 bridgehead atoms. The Balaban J connectivity index is 2.42. The summed E-state index contributed by atoms with van der Waals surface area (Å²) in [5, 5.41) is 9.68. The molecule has 1 atom stereocenters. The molecule has 0 aliphatic rings. The second-order valence-corrected chi connectivity index (χ2v) is 5.24. The molecular weight excluding hydrogens is 283 g/mol. The van der Waals surface area contributed by atoms with Gasteiger partial charge in [-0.15, -0.1) is 0 Å². The van der Waals surface area contributed by atoms with Crippen LogP contribution in [0.15, 0.2) is 54.6 Å². The number of halogens is 1. The number of hydrogen-bond donors (Lipinski definition) is 1. The highest BCUT2D eigenvalue weighted by molar-refractivity contribution is 6.12. The second-order valence-electron chi connectivity index (χ2n) is 5.24. The van der Waals surface area contributed by atoms with Crippen molar-refractivity contribution in [2.24, 2.45) is 5.41 Å². The first-order valence-electron chi connectivity index (χ1n) is 7.07. The van der Waals surface area contributed by atoms with Crippen molar-refractivity contribution in [3.63, 3.8) is 0 Å². The van der Waals surface area contributed by atoms with Crippen LogP contribution in [-0.2, 0) is 11.2 Å². The molecule has 0 amide bonds. The van der Waals surface area contributed by atoms with Crippen molar-refractivity contribution >= 4 is 11.8 Å². The Hall–Kier alpha value is -2.49. The maximum Gasteiger partial charge on any atom is 0.317 e. The fraction of sp³-hybridized carbons (Fsp3) is 0.222. The fourth-order valence-electron chi connectivity index (χ4n) is 2.51. The number of Topliss-reactive ketones (excluding diaryl/α,β-unsaturated/α-hetero) is 1. The van der Waals surface area contributed by atoms with Gasteiger partial charge in [0.05, 0.1) is 0 Å². The third-order valence-electron chi connectivity index (χ3n) is 3.90. The summed E-state index contributed by atoms with van der Waals surface area (Å²) < 4.78 is 13.0. The lowest BCUT2D eigenvalue weighted by molar-refractivity contribution is -0.146. The first-order valence-corrected chi connectivity index (χ1v) is 7.07. The van der Waals surface area contributed by atoms with Gasteiger partial charge < -0.3 is 5.11 Å². The van der Waals surface area contributed by atoms with Crippen LogP contribution >= 0.6 is 0 Å². The van der Waals surface area contributed by atoms with E-state index in [-0.39, 0.29) is 18.4 Å². The molecule has 3 nitrogen and oxygen atoms in total. The molecule has 1 N–H and O–H groups in total. The van der Waals surface area contributed by atoms with Crippen LogP contribution in [0.3, 0.4) is 0 Å². The number of carbonyl (C=O) groups excluding carboxylic acids is 1. The highest BCUT2D eigenvalue weighted by Crippen LogP contribution is 2.32. The van der Waals surface area contributed by atoms with Gasteiger partial charge in [0.15, 0.2) is 5.78 Å². The highest BCUT2D eigenvalue weighted by Gasteiger charge is 2.44. The molecule has 0 radical (unpaired) electrons. The van der Waals surface area contributed by atoms with E-state index in [9.17, 15) is 19.1 Å². The van der Waals surface area contributed by atoms with Crippen LogP contribution in [0.2, 0.25) is 0 Å². The molecule has 0 saturated carbocycles. The second kappa shape index (κ2) is 6.52. The summed E-state index contributed by atoms with van der Waals surface area (Å²) in [6.45, 7) is 1.68. The van der Waals surface area contributed by atoms with E-state index < -0.39 is 23.0 Å². The zero-order chi connectivity index (χ0) is 16.2. The Labute approximate surface area is 128 Å².